The fourth-order valence-electron chi connectivity index (χ4n) is 4.37. The van der Waals surface area contributed by atoms with E-state index in [1.807, 2.05) is 27.7 Å². The van der Waals surface area contributed by atoms with Gasteiger partial charge in [-0.25, -0.2) is 22.0 Å². The van der Waals surface area contributed by atoms with Gasteiger partial charge < -0.3 is 15.8 Å². The van der Waals surface area contributed by atoms with Gasteiger partial charge in [-0.05, 0) is 101 Å². The van der Waals surface area contributed by atoms with Crippen LogP contribution in [0.3, 0.4) is 0 Å². The molecule has 1 fully saturated rings. The van der Waals surface area contributed by atoms with Crippen molar-refractivity contribution in [1.82, 2.24) is 10.4 Å². The number of sulfonamides is 2. The summed E-state index contributed by atoms with van der Waals surface area (Å²) in [5.74, 6) is 0. The Morgan fingerprint density at radius 3 is 1.86 bits per heavy atom. The van der Waals surface area contributed by atoms with Crippen molar-refractivity contribution < 1.29 is 22.0 Å². The zero-order valence-electron chi connectivity index (χ0n) is 19.9. The third-order valence-electron chi connectivity index (χ3n) is 5.83. The zero-order valence-corrected chi connectivity index (χ0v) is 22.4. The van der Waals surface area contributed by atoms with E-state index in [-0.39, 0.29) is 21.5 Å². The number of anilines is 2. The lowest BCUT2D eigenvalue weighted by molar-refractivity contribution is -0.245. The van der Waals surface area contributed by atoms with Crippen molar-refractivity contribution in [3.05, 3.63) is 48.5 Å². The number of nitrogens with two attached hydrogens (primary N) is 1. The first kappa shape index (κ1) is 27.3. The van der Waals surface area contributed by atoms with Crippen molar-refractivity contribution in [2.45, 2.75) is 67.4 Å². The van der Waals surface area contributed by atoms with Gasteiger partial charge in [-0.15, -0.1) is 0 Å². The van der Waals surface area contributed by atoms with E-state index in [9.17, 15) is 22.0 Å². The molecule has 0 atom stereocenters. The molecule has 2 aromatic rings. The maximum Gasteiger partial charge on any atom is 0.261 e. The summed E-state index contributed by atoms with van der Waals surface area (Å²) in [4.78, 5) is -0.0919. The Labute approximate surface area is 212 Å². The van der Waals surface area contributed by atoms with Crippen LogP contribution in [0.5, 0.6) is 0 Å². The quantitative estimate of drug-likeness (QED) is 0.347. The molecule has 6 N–H and O–H groups in total. The fourth-order valence-corrected chi connectivity index (χ4v) is 6.23. The Bertz CT molecular complexity index is 1270. The molecule has 0 spiro atoms. The molecule has 0 amide bonds. The fraction of sp³-hybridized carbons (Fsp3) is 0.409. The summed E-state index contributed by atoms with van der Waals surface area (Å²) in [6, 6.07) is 11.2. The number of piperidine rings is 1. The summed E-state index contributed by atoms with van der Waals surface area (Å²) in [5.41, 5.74) is -0.0322. The summed E-state index contributed by atoms with van der Waals surface area (Å²) < 4.78 is 50.5. The number of nitrogens with zero attached hydrogens (tertiary/aromatic N) is 1. The van der Waals surface area contributed by atoms with E-state index < -0.39 is 31.1 Å². The molecule has 0 saturated carbocycles. The Kier molecular flexibility index (Phi) is 7.52. The number of benzene rings is 2. The molecule has 1 aliphatic rings. The predicted molar refractivity (Wildman–Crippen MR) is 139 cm³/mol. The van der Waals surface area contributed by atoms with Crippen LogP contribution in [0.15, 0.2) is 58.3 Å². The van der Waals surface area contributed by atoms with Crippen LogP contribution in [-0.2, 0) is 20.0 Å². The highest BCUT2D eigenvalue weighted by Crippen LogP contribution is 2.36. The SMILES string of the molecule is CC1(C)CC(NC(=S)Nc2ccc(S(=O)(=O)Nc3ccc(S(N)(=O)=O)cc3)cc2)CC(C)(C)N1O. The van der Waals surface area contributed by atoms with Crippen LogP contribution >= 0.6 is 12.2 Å². The first-order chi connectivity index (χ1) is 16.0. The van der Waals surface area contributed by atoms with Gasteiger partial charge in [0, 0.05) is 28.5 Å². The third kappa shape index (κ3) is 6.68. The first-order valence-electron chi connectivity index (χ1n) is 10.8. The Hall–Kier alpha value is -2.29. The van der Waals surface area contributed by atoms with Crippen molar-refractivity contribution >= 4 is 48.8 Å². The molecule has 0 unspecified atom stereocenters. The van der Waals surface area contributed by atoms with E-state index in [4.69, 9.17) is 17.4 Å². The lowest BCUT2D eigenvalue weighted by Gasteiger charge is -2.51. The smallest absolute Gasteiger partial charge is 0.261 e. The molecule has 0 radical (unpaired) electrons. The number of hydrogen-bond donors (Lipinski definition) is 5. The van der Waals surface area contributed by atoms with Gasteiger partial charge in [0.05, 0.1) is 9.79 Å². The highest BCUT2D eigenvalue weighted by molar-refractivity contribution is 7.92. The topological polar surface area (TPSA) is 154 Å². The average Bonchev–Trinajstić information content (AvgIpc) is 2.71. The van der Waals surface area contributed by atoms with Crippen LogP contribution in [0, 0.1) is 0 Å². The molecule has 1 saturated heterocycles. The van der Waals surface area contributed by atoms with Crippen molar-refractivity contribution in [1.29, 1.82) is 0 Å². The summed E-state index contributed by atoms with van der Waals surface area (Å²) in [6.45, 7) is 7.89. The van der Waals surface area contributed by atoms with E-state index in [0.29, 0.717) is 23.6 Å². The van der Waals surface area contributed by atoms with Crippen molar-refractivity contribution in [3.63, 3.8) is 0 Å². The second-order valence-electron chi connectivity index (χ2n) is 9.84. The van der Waals surface area contributed by atoms with E-state index in [0.717, 1.165) is 0 Å². The number of hydroxylamine groups is 2. The highest BCUT2D eigenvalue weighted by atomic mass is 32.2. The molecule has 192 valence electrons. The van der Waals surface area contributed by atoms with Gasteiger partial charge in [-0.2, -0.15) is 5.06 Å². The molecule has 1 aliphatic heterocycles. The number of thiocarbonyl (C=S) groups is 1. The minimum Gasteiger partial charge on any atom is -0.360 e. The first-order valence-corrected chi connectivity index (χ1v) is 14.3. The second-order valence-corrected chi connectivity index (χ2v) is 13.5. The zero-order chi connectivity index (χ0) is 26.2. The molecule has 3 rings (SSSR count). The molecule has 0 bridgehead atoms. The van der Waals surface area contributed by atoms with Crippen LogP contribution < -0.4 is 20.5 Å². The van der Waals surface area contributed by atoms with Crippen LogP contribution in [-0.4, -0.2) is 49.3 Å². The molecule has 0 aliphatic carbocycles. The third-order valence-corrected chi connectivity index (χ3v) is 8.38. The number of nitrogens with one attached hydrogen (secondary N) is 3. The van der Waals surface area contributed by atoms with Gasteiger partial charge >= 0.3 is 0 Å². The molecular weight excluding hydrogens is 510 g/mol. The normalized spacial score (nSPS) is 18.6. The minimum atomic E-state index is -3.90. The van der Waals surface area contributed by atoms with Crippen LogP contribution in [0.25, 0.3) is 0 Å². The summed E-state index contributed by atoms with van der Waals surface area (Å²) in [7, 11) is -7.76. The van der Waals surface area contributed by atoms with Gasteiger partial charge in [-0.3, -0.25) is 4.72 Å². The number of rotatable bonds is 6. The molecule has 2 aromatic carbocycles. The van der Waals surface area contributed by atoms with Gasteiger partial charge in [0.1, 0.15) is 0 Å². The van der Waals surface area contributed by atoms with Crippen molar-refractivity contribution in [2.75, 3.05) is 10.0 Å². The van der Waals surface area contributed by atoms with Gasteiger partial charge in [0.25, 0.3) is 10.0 Å². The highest BCUT2D eigenvalue weighted by Gasteiger charge is 2.45. The predicted octanol–water partition coefficient (Wildman–Crippen LogP) is 2.83. The number of hydrogen-bond acceptors (Lipinski definition) is 7. The number of primary sulfonamides is 1. The summed E-state index contributed by atoms with van der Waals surface area (Å²) >= 11 is 5.45. The molecule has 35 heavy (non-hydrogen) atoms. The van der Waals surface area contributed by atoms with E-state index in [2.05, 4.69) is 15.4 Å². The van der Waals surface area contributed by atoms with Gasteiger partial charge in [0.2, 0.25) is 10.0 Å². The maximum atomic E-state index is 12.7. The van der Waals surface area contributed by atoms with Gasteiger partial charge in [0.15, 0.2) is 5.11 Å². The minimum absolute atomic E-state index is 0.0243. The monoisotopic (exact) mass is 541 g/mol. The molecule has 0 aromatic heterocycles. The Balaban J connectivity index is 1.62. The van der Waals surface area contributed by atoms with E-state index in [1.165, 1.54) is 41.5 Å². The van der Waals surface area contributed by atoms with Crippen LogP contribution in [0.2, 0.25) is 0 Å². The lowest BCUT2D eigenvalue weighted by atomic mass is 9.79. The summed E-state index contributed by atoms with van der Waals surface area (Å²) in [6.07, 6.45) is 1.38. The van der Waals surface area contributed by atoms with Crippen LogP contribution in [0.4, 0.5) is 11.4 Å². The summed E-state index contributed by atoms with van der Waals surface area (Å²) in [5, 5.41) is 23.7. The maximum absolute atomic E-state index is 12.7. The average molecular weight is 542 g/mol. The molecule has 1 heterocycles. The second kappa shape index (κ2) is 9.64. The largest absolute Gasteiger partial charge is 0.360 e. The molecule has 10 nitrogen and oxygen atoms in total. The molecule has 13 heteroatoms. The molecular formula is C22H31N5O5S3. The Morgan fingerprint density at radius 1 is 0.914 bits per heavy atom. The Morgan fingerprint density at radius 2 is 1.37 bits per heavy atom. The van der Waals surface area contributed by atoms with Crippen LogP contribution in [0.1, 0.15) is 40.5 Å². The lowest BCUT2D eigenvalue weighted by Crippen LogP contribution is -2.63. The van der Waals surface area contributed by atoms with Crippen molar-refractivity contribution in [2.24, 2.45) is 5.14 Å². The van der Waals surface area contributed by atoms with E-state index in [1.54, 1.807) is 12.1 Å². The van der Waals surface area contributed by atoms with Gasteiger partial charge in [-0.1, -0.05) is 0 Å². The standard InChI is InChI=1S/C22H31N5O5S3/c1-21(2)13-17(14-22(3,4)27(21)28)25-20(33)24-15-5-11-19(12-6-15)35(31,32)26-16-7-9-18(10-8-16)34(23,29)30/h5-12,17,26,28H,13-14H2,1-4H3,(H2,23,29,30)(H2,24,25,33). The van der Waals surface area contributed by atoms with E-state index >= 15 is 0 Å². The van der Waals surface area contributed by atoms with Crippen molar-refractivity contribution in [3.8, 4) is 0 Å².